The molecule has 3 aliphatic heterocycles. The van der Waals surface area contributed by atoms with E-state index in [1.165, 1.54) is 12.0 Å². The molecule has 1 saturated carbocycles. The molecule has 2 amide bonds. The highest BCUT2D eigenvalue weighted by atomic mass is 32.2. The van der Waals surface area contributed by atoms with E-state index in [0.717, 1.165) is 89.9 Å². The van der Waals surface area contributed by atoms with Gasteiger partial charge in [-0.15, -0.1) is 0 Å². The number of methoxy groups -OCH3 is 1. The standard InChI is InChI=1S/C41H50N6O5S/c1-24(2)47-38(35(20-42-47)41(49)46-30-19-31(46)23-44(5)22-30)29-16-28-17-32(52-6)13-15-33(28)39-37(26-10-8-7-9-11-26)34-14-12-27(18-36(34)45(39)21-29)40(48)43-53(50,51)25(3)4/h12-18,20,24-26,30-31H,7-11,19,21-23H2,1-6H3,(H,43,48). The van der Waals surface area contributed by atoms with Crippen LogP contribution >= 0.6 is 0 Å². The van der Waals surface area contributed by atoms with E-state index in [4.69, 9.17) is 9.84 Å². The van der Waals surface area contributed by atoms with Gasteiger partial charge in [-0.3, -0.25) is 14.3 Å². The normalized spacial score (nSPS) is 20.5. The van der Waals surface area contributed by atoms with E-state index in [0.29, 0.717) is 18.0 Å². The number of likely N-dealkylation sites (tertiary alicyclic amines) is 2. The fourth-order valence-corrected chi connectivity index (χ4v) is 9.77. The summed E-state index contributed by atoms with van der Waals surface area (Å²) >= 11 is 0. The first-order valence-corrected chi connectivity index (χ1v) is 20.6. The molecule has 2 aromatic carbocycles. The number of nitrogens with one attached hydrogen (secondary N) is 1. The highest BCUT2D eigenvalue weighted by Crippen LogP contribution is 2.48. The zero-order valence-corrected chi connectivity index (χ0v) is 32.4. The number of fused-ring (bicyclic) bond motifs is 7. The number of allylic oxidation sites excluding steroid dienone is 1. The summed E-state index contributed by atoms with van der Waals surface area (Å²) in [4.78, 5) is 32.4. The van der Waals surface area contributed by atoms with E-state index in [-0.39, 0.29) is 29.6 Å². The minimum Gasteiger partial charge on any atom is -0.497 e. The fourth-order valence-electron chi connectivity index (χ4n) is 9.15. The van der Waals surface area contributed by atoms with Gasteiger partial charge in [0, 0.05) is 53.2 Å². The van der Waals surface area contributed by atoms with Crippen molar-refractivity contribution in [3.8, 4) is 17.0 Å². The summed E-state index contributed by atoms with van der Waals surface area (Å²) < 4.78 is 37.8. The van der Waals surface area contributed by atoms with Crippen LogP contribution in [0.1, 0.15) is 116 Å². The Morgan fingerprint density at radius 3 is 2.38 bits per heavy atom. The molecule has 2 atom stereocenters. The Hall–Kier alpha value is -4.42. The number of ether oxygens (including phenoxy) is 1. The maximum Gasteiger partial charge on any atom is 0.264 e. The van der Waals surface area contributed by atoms with Gasteiger partial charge in [-0.05, 0) is 113 Å². The van der Waals surface area contributed by atoms with Gasteiger partial charge in [0.05, 0.1) is 42.1 Å². The second kappa shape index (κ2) is 13.5. The van der Waals surface area contributed by atoms with Crippen molar-refractivity contribution in [1.82, 2.24) is 28.9 Å². The summed E-state index contributed by atoms with van der Waals surface area (Å²) in [6.07, 6.45) is 10.6. The van der Waals surface area contributed by atoms with Crippen molar-refractivity contribution in [2.75, 3.05) is 27.2 Å². The lowest BCUT2D eigenvalue weighted by Gasteiger charge is -2.55. The third-order valence-electron chi connectivity index (χ3n) is 11.8. The fraction of sp³-hybridized carbons (Fsp3) is 0.488. The van der Waals surface area contributed by atoms with Gasteiger partial charge in [0.25, 0.3) is 11.8 Å². The minimum absolute atomic E-state index is 0.0145. The van der Waals surface area contributed by atoms with Crippen LogP contribution in [0.25, 0.3) is 33.8 Å². The Labute approximate surface area is 312 Å². The number of hydrogen-bond donors (Lipinski definition) is 1. The summed E-state index contributed by atoms with van der Waals surface area (Å²) in [5.41, 5.74) is 7.84. The van der Waals surface area contributed by atoms with E-state index in [1.807, 2.05) is 22.9 Å². The van der Waals surface area contributed by atoms with Gasteiger partial charge < -0.3 is 19.1 Å². The Morgan fingerprint density at radius 1 is 0.962 bits per heavy atom. The van der Waals surface area contributed by atoms with Crippen LogP contribution in [-0.2, 0) is 16.6 Å². The average molecular weight is 739 g/mol. The van der Waals surface area contributed by atoms with Crippen LogP contribution in [0.15, 0.2) is 42.6 Å². The average Bonchev–Trinajstić information content (AvgIpc) is 3.66. The number of piperidine rings is 1. The molecular weight excluding hydrogens is 689 g/mol. The van der Waals surface area contributed by atoms with Gasteiger partial charge in [0.2, 0.25) is 10.0 Å². The maximum absolute atomic E-state index is 14.5. The molecule has 8 rings (SSSR count). The summed E-state index contributed by atoms with van der Waals surface area (Å²) in [6.45, 7) is 9.41. The molecule has 5 heterocycles. The van der Waals surface area contributed by atoms with E-state index < -0.39 is 21.2 Å². The third kappa shape index (κ3) is 6.07. The molecule has 11 nitrogen and oxygen atoms in total. The first-order valence-electron chi connectivity index (χ1n) is 19.1. The molecule has 53 heavy (non-hydrogen) atoms. The third-order valence-corrected chi connectivity index (χ3v) is 13.5. The molecule has 4 aromatic rings. The molecule has 280 valence electrons. The van der Waals surface area contributed by atoms with Crippen LogP contribution in [0.5, 0.6) is 5.75 Å². The van der Waals surface area contributed by atoms with Gasteiger partial charge in [-0.1, -0.05) is 25.3 Å². The quantitative estimate of drug-likeness (QED) is 0.214. The largest absolute Gasteiger partial charge is 0.497 e. The highest BCUT2D eigenvalue weighted by molar-refractivity contribution is 7.90. The Morgan fingerprint density at radius 2 is 1.70 bits per heavy atom. The minimum atomic E-state index is -3.83. The number of sulfonamides is 1. The number of piperazine rings is 1. The summed E-state index contributed by atoms with van der Waals surface area (Å²) in [6, 6.07) is 12.1. The van der Waals surface area contributed by atoms with Crippen LogP contribution in [0.2, 0.25) is 0 Å². The number of rotatable bonds is 8. The molecule has 2 bridgehead atoms. The Kier molecular flexibility index (Phi) is 9.04. The van der Waals surface area contributed by atoms with Crippen LogP contribution < -0.4 is 9.46 Å². The molecule has 12 heteroatoms. The van der Waals surface area contributed by atoms with Crippen molar-refractivity contribution >= 4 is 44.4 Å². The van der Waals surface area contributed by atoms with E-state index in [9.17, 15) is 18.0 Å². The van der Waals surface area contributed by atoms with Crippen molar-refractivity contribution < 1.29 is 22.7 Å². The van der Waals surface area contributed by atoms with Crippen LogP contribution in [0.4, 0.5) is 0 Å². The van der Waals surface area contributed by atoms with Crippen molar-refractivity contribution in [3.05, 3.63) is 70.5 Å². The number of likely N-dealkylation sites (N-methyl/N-ethyl adjacent to an activating group) is 1. The lowest BCUT2D eigenvalue weighted by molar-refractivity contribution is -0.0397. The first kappa shape index (κ1) is 35.6. The van der Waals surface area contributed by atoms with Crippen molar-refractivity contribution in [2.24, 2.45) is 0 Å². The molecule has 1 N–H and O–H groups in total. The van der Waals surface area contributed by atoms with Crippen molar-refractivity contribution in [2.45, 2.75) is 102 Å². The van der Waals surface area contributed by atoms with E-state index in [2.05, 4.69) is 58.2 Å². The van der Waals surface area contributed by atoms with Gasteiger partial charge in [-0.25, -0.2) is 13.1 Å². The van der Waals surface area contributed by atoms with Crippen LogP contribution in [0, 0.1) is 0 Å². The first-order chi connectivity index (χ1) is 25.4. The molecular formula is C41H50N6O5S. The van der Waals surface area contributed by atoms with E-state index in [1.54, 1.807) is 33.2 Å². The van der Waals surface area contributed by atoms with Gasteiger partial charge in [0.15, 0.2) is 0 Å². The zero-order chi connectivity index (χ0) is 37.3. The second-order valence-corrected chi connectivity index (χ2v) is 18.2. The zero-order valence-electron chi connectivity index (χ0n) is 31.6. The maximum atomic E-state index is 14.5. The lowest BCUT2D eigenvalue weighted by Crippen LogP contribution is -2.69. The summed E-state index contributed by atoms with van der Waals surface area (Å²) in [7, 11) is -0.0465. The molecule has 2 saturated heterocycles. The van der Waals surface area contributed by atoms with E-state index >= 15 is 0 Å². The number of carbonyl (C=O) groups excluding carboxylic acids is 2. The van der Waals surface area contributed by atoms with Gasteiger partial charge >= 0.3 is 0 Å². The molecule has 0 spiro atoms. The SMILES string of the molecule is COc1ccc2c(c1)C=C(c1c(C(=O)N3C4CC3CN(C)C4)cnn1C(C)C)Cn1c-2c(C2CCCCC2)c2ccc(C(=O)NS(=O)(=O)C(C)C)cc21. The van der Waals surface area contributed by atoms with Crippen molar-refractivity contribution in [1.29, 1.82) is 0 Å². The lowest BCUT2D eigenvalue weighted by atomic mass is 9.81. The smallest absolute Gasteiger partial charge is 0.264 e. The number of hydrogen-bond acceptors (Lipinski definition) is 7. The van der Waals surface area contributed by atoms with Gasteiger partial charge in [-0.2, -0.15) is 5.10 Å². The number of amides is 2. The molecule has 3 fully saturated rings. The molecule has 4 aliphatic rings. The number of nitrogens with zero attached hydrogens (tertiary/aromatic N) is 5. The molecule has 2 unspecified atom stereocenters. The molecule has 0 radical (unpaired) electrons. The predicted molar refractivity (Wildman–Crippen MR) is 208 cm³/mol. The number of carbonyl (C=O) groups is 2. The second-order valence-electron chi connectivity index (χ2n) is 16.0. The number of aromatic nitrogens is 3. The molecule has 1 aliphatic carbocycles. The van der Waals surface area contributed by atoms with Crippen LogP contribution in [0.3, 0.4) is 0 Å². The topological polar surface area (TPSA) is 119 Å². The predicted octanol–water partition coefficient (Wildman–Crippen LogP) is 6.69. The summed E-state index contributed by atoms with van der Waals surface area (Å²) in [5, 5.41) is 5.15. The Bertz CT molecular complexity index is 2250. The van der Waals surface area contributed by atoms with Crippen LogP contribution in [-0.4, -0.2) is 89.0 Å². The monoisotopic (exact) mass is 738 g/mol. The highest BCUT2D eigenvalue weighted by Gasteiger charge is 2.47. The Balaban J connectivity index is 1.34. The summed E-state index contributed by atoms with van der Waals surface area (Å²) in [5.74, 6) is 0.423. The number of benzene rings is 2. The molecule has 2 aromatic heterocycles. The van der Waals surface area contributed by atoms with Gasteiger partial charge in [0.1, 0.15) is 5.75 Å². The van der Waals surface area contributed by atoms with Crippen molar-refractivity contribution in [3.63, 3.8) is 0 Å².